The summed E-state index contributed by atoms with van der Waals surface area (Å²) < 4.78 is 0. The first-order valence-electron chi connectivity index (χ1n) is 11.0. The number of carbonyl (C=O) groups is 1. The molecule has 1 aliphatic heterocycles. The van der Waals surface area contributed by atoms with Crippen LogP contribution >= 0.6 is 0 Å². The first kappa shape index (κ1) is 20.7. The number of aromatic nitrogens is 4. The molecule has 33 heavy (non-hydrogen) atoms. The van der Waals surface area contributed by atoms with Crippen LogP contribution in [-0.4, -0.2) is 38.7 Å². The van der Waals surface area contributed by atoms with Gasteiger partial charge in [-0.1, -0.05) is 24.3 Å². The SMILES string of the molecule is C[C@H]1CC[C@@H](C(=O)Nc2ccccc2)CN1c1cc(-c2ccc3c(N)n[nH]c3c2)nc(N)n1. The summed E-state index contributed by atoms with van der Waals surface area (Å²) in [4.78, 5) is 24.0. The smallest absolute Gasteiger partial charge is 0.229 e. The van der Waals surface area contributed by atoms with Crippen molar-refractivity contribution >= 4 is 40.1 Å². The molecule has 2 atom stereocenters. The lowest BCUT2D eigenvalue weighted by Crippen LogP contribution is -2.46. The zero-order valence-electron chi connectivity index (χ0n) is 18.3. The van der Waals surface area contributed by atoms with E-state index in [0.717, 1.165) is 35.0 Å². The number of nitrogen functional groups attached to an aromatic ring is 2. The predicted octanol–water partition coefficient (Wildman–Crippen LogP) is 3.43. The molecule has 0 radical (unpaired) electrons. The highest BCUT2D eigenvalue weighted by atomic mass is 16.1. The maximum absolute atomic E-state index is 12.9. The number of nitrogens with zero attached hydrogens (tertiary/aromatic N) is 4. The summed E-state index contributed by atoms with van der Waals surface area (Å²) in [6.45, 7) is 2.70. The molecule has 1 fully saturated rings. The van der Waals surface area contributed by atoms with Gasteiger partial charge in [0.1, 0.15) is 5.82 Å². The summed E-state index contributed by atoms with van der Waals surface area (Å²) >= 11 is 0. The molecular weight excluding hydrogens is 416 g/mol. The standard InChI is InChI=1S/C24H26N8O/c1-14-7-8-16(23(33)27-17-5-3-2-4-6-17)13-32(14)21-12-19(28-24(26)29-21)15-9-10-18-20(11-15)30-31-22(18)25/h2-6,9-12,14,16H,7-8,13H2,1H3,(H,27,33)(H3,25,30,31)(H2,26,28,29)/t14-,16+/m0/s1. The average Bonchev–Trinajstić information content (AvgIpc) is 3.19. The second-order valence-corrected chi connectivity index (χ2v) is 8.47. The Morgan fingerprint density at radius 1 is 1.09 bits per heavy atom. The van der Waals surface area contributed by atoms with E-state index >= 15 is 0 Å². The van der Waals surface area contributed by atoms with Gasteiger partial charge in [0, 0.05) is 35.3 Å². The molecule has 0 bridgehead atoms. The van der Waals surface area contributed by atoms with Crippen molar-refractivity contribution in [1.82, 2.24) is 20.2 Å². The van der Waals surface area contributed by atoms with Crippen LogP contribution in [0.1, 0.15) is 19.8 Å². The number of H-pyrrole nitrogens is 1. The van der Waals surface area contributed by atoms with Crippen LogP contribution in [0.2, 0.25) is 0 Å². The minimum atomic E-state index is -0.148. The summed E-state index contributed by atoms with van der Waals surface area (Å²) in [5.74, 6) is 1.23. The van der Waals surface area contributed by atoms with Crippen LogP contribution in [0.25, 0.3) is 22.2 Å². The van der Waals surface area contributed by atoms with Crippen LogP contribution in [0.5, 0.6) is 0 Å². The van der Waals surface area contributed by atoms with Crippen molar-refractivity contribution < 1.29 is 4.79 Å². The number of aromatic amines is 1. The van der Waals surface area contributed by atoms with Gasteiger partial charge in [0.15, 0.2) is 5.82 Å². The fourth-order valence-corrected chi connectivity index (χ4v) is 4.35. The van der Waals surface area contributed by atoms with E-state index in [9.17, 15) is 4.79 Å². The van der Waals surface area contributed by atoms with Gasteiger partial charge >= 0.3 is 0 Å². The normalized spacial score (nSPS) is 18.4. The van der Waals surface area contributed by atoms with Crippen molar-refractivity contribution in [3.05, 3.63) is 54.6 Å². The Labute approximate surface area is 191 Å². The summed E-state index contributed by atoms with van der Waals surface area (Å²) in [6.07, 6.45) is 1.70. The van der Waals surface area contributed by atoms with E-state index in [4.69, 9.17) is 11.5 Å². The first-order chi connectivity index (χ1) is 16.0. The molecule has 2 aromatic heterocycles. The Kier molecular flexibility index (Phi) is 5.29. The fourth-order valence-electron chi connectivity index (χ4n) is 4.35. The number of anilines is 4. The molecule has 9 heteroatoms. The van der Waals surface area contributed by atoms with E-state index in [1.165, 1.54) is 0 Å². The molecule has 1 saturated heterocycles. The van der Waals surface area contributed by atoms with Gasteiger partial charge in [0.2, 0.25) is 11.9 Å². The molecule has 3 heterocycles. The molecule has 0 unspecified atom stereocenters. The van der Waals surface area contributed by atoms with E-state index in [2.05, 4.69) is 37.3 Å². The van der Waals surface area contributed by atoms with Crippen LogP contribution in [0, 0.1) is 5.92 Å². The van der Waals surface area contributed by atoms with Gasteiger partial charge in [-0.3, -0.25) is 9.89 Å². The number of nitrogens with one attached hydrogen (secondary N) is 2. The number of rotatable bonds is 4. The third-order valence-electron chi connectivity index (χ3n) is 6.21. The summed E-state index contributed by atoms with van der Waals surface area (Å²) in [6, 6.07) is 17.5. The third-order valence-corrected chi connectivity index (χ3v) is 6.21. The number of fused-ring (bicyclic) bond motifs is 1. The number of para-hydroxylation sites is 1. The summed E-state index contributed by atoms with van der Waals surface area (Å²) in [5.41, 5.74) is 15.2. The van der Waals surface area contributed by atoms with Gasteiger partial charge in [-0.15, -0.1) is 0 Å². The fraction of sp³-hybridized carbons (Fsp3) is 0.250. The number of benzene rings is 2. The van der Waals surface area contributed by atoms with Crippen LogP contribution in [0.4, 0.5) is 23.3 Å². The van der Waals surface area contributed by atoms with Gasteiger partial charge in [-0.25, -0.2) is 4.98 Å². The molecule has 1 aliphatic rings. The van der Waals surface area contributed by atoms with Gasteiger partial charge in [-0.2, -0.15) is 10.1 Å². The summed E-state index contributed by atoms with van der Waals surface area (Å²) in [5, 5.41) is 10.9. The van der Waals surface area contributed by atoms with Gasteiger partial charge in [0.05, 0.1) is 17.1 Å². The first-order valence-corrected chi connectivity index (χ1v) is 11.0. The van der Waals surface area contributed by atoms with Crippen LogP contribution < -0.4 is 21.7 Å². The Morgan fingerprint density at radius 3 is 2.73 bits per heavy atom. The van der Waals surface area contributed by atoms with E-state index < -0.39 is 0 Å². The number of hydrogen-bond donors (Lipinski definition) is 4. The highest BCUT2D eigenvalue weighted by Crippen LogP contribution is 2.31. The highest BCUT2D eigenvalue weighted by Gasteiger charge is 2.31. The molecular formula is C24H26N8O. The van der Waals surface area contributed by atoms with E-state index in [-0.39, 0.29) is 23.8 Å². The van der Waals surface area contributed by atoms with Gasteiger partial charge in [0.25, 0.3) is 0 Å². The van der Waals surface area contributed by atoms with Crippen molar-refractivity contribution in [1.29, 1.82) is 0 Å². The maximum Gasteiger partial charge on any atom is 0.229 e. The Bertz CT molecular complexity index is 1300. The largest absolute Gasteiger partial charge is 0.382 e. The van der Waals surface area contributed by atoms with Crippen molar-refractivity contribution in [2.75, 3.05) is 28.2 Å². The number of piperidine rings is 1. The van der Waals surface area contributed by atoms with E-state index in [1.807, 2.05) is 54.6 Å². The molecule has 0 aliphatic carbocycles. The van der Waals surface area contributed by atoms with Crippen molar-refractivity contribution in [3.8, 4) is 11.3 Å². The third kappa shape index (κ3) is 4.17. The minimum Gasteiger partial charge on any atom is -0.382 e. The van der Waals surface area contributed by atoms with Gasteiger partial charge in [-0.05, 0) is 44.0 Å². The molecule has 4 aromatic rings. The molecule has 6 N–H and O–H groups in total. The van der Waals surface area contributed by atoms with Crippen LogP contribution in [0.3, 0.4) is 0 Å². The number of hydrogen-bond acceptors (Lipinski definition) is 7. The van der Waals surface area contributed by atoms with Crippen molar-refractivity contribution in [2.24, 2.45) is 5.92 Å². The highest BCUT2D eigenvalue weighted by molar-refractivity contribution is 5.93. The molecule has 168 valence electrons. The zero-order chi connectivity index (χ0) is 22.9. The zero-order valence-corrected chi connectivity index (χ0v) is 18.3. The molecule has 0 saturated carbocycles. The van der Waals surface area contributed by atoms with Crippen LogP contribution in [0.15, 0.2) is 54.6 Å². The molecule has 0 spiro atoms. The minimum absolute atomic E-state index is 0.0163. The lowest BCUT2D eigenvalue weighted by atomic mass is 9.92. The molecule has 1 amide bonds. The lowest BCUT2D eigenvalue weighted by molar-refractivity contribution is -0.120. The quantitative estimate of drug-likeness (QED) is 0.380. The average molecular weight is 443 g/mol. The second-order valence-electron chi connectivity index (χ2n) is 8.47. The monoisotopic (exact) mass is 442 g/mol. The van der Waals surface area contributed by atoms with Crippen molar-refractivity contribution in [2.45, 2.75) is 25.8 Å². The Balaban J connectivity index is 1.41. The number of nitrogens with two attached hydrogens (primary N) is 2. The van der Waals surface area contributed by atoms with E-state index in [1.54, 1.807) is 0 Å². The Morgan fingerprint density at radius 2 is 1.91 bits per heavy atom. The second kappa shape index (κ2) is 8.42. The predicted molar refractivity (Wildman–Crippen MR) is 131 cm³/mol. The summed E-state index contributed by atoms with van der Waals surface area (Å²) in [7, 11) is 0. The maximum atomic E-state index is 12.9. The molecule has 5 rings (SSSR count). The Hall–Kier alpha value is -4.14. The number of carbonyl (C=O) groups excluding carboxylic acids is 1. The lowest BCUT2D eigenvalue weighted by Gasteiger charge is -2.38. The van der Waals surface area contributed by atoms with Crippen LogP contribution in [-0.2, 0) is 4.79 Å². The van der Waals surface area contributed by atoms with E-state index in [0.29, 0.717) is 23.9 Å². The van der Waals surface area contributed by atoms with Crippen molar-refractivity contribution in [3.63, 3.8) is 0 Å². The molecule has 2 aromatic carbocycles. The topological polar surface area (TPSA) is 139 Å². The molecule has 9 nitrogen and oxygen atoms in total. The number of amides is 1. The van der Waals surface area contributed by atoms with Gasteiger partial charge < -0.3 is 21.7 Å².